The minimum absolute atomic E-state index is 0.0119. The summed E-state index contributed by atoms with van der Waals surface area (Å²) in [5, 5.41) is 2.95. The predicted octanol–water partition coefficient (Wildman–Crippen LogP) is 2.55. The van der Waals surface area contributed by atoms with Gasteiger partial charge in [-0.2, -0.15) is 0 Å². The van der Waals surface area contributed by atoms with Crippen molar-refractivity contribution in [3.05, 3.63) is 41.4 Å². The van der Waals surface area contributed by atoms with Crippen molar-refractivity contribution in [3.8, 4) is 0 Å². The molecule has 0 spiro atoms. The van der Waals surface area contributed by atoms with Crippen LogP contribution in [-0.2, 0) is 14.3 Å². The Labute approximate surface area is 177 Å². The van der Waals surface area contributed by atoms with E-state index in [0.717, 1.165) is 45.3 Å². The summed E-state index contributed by atoms with van der Waals surface area (Å²) in [7, 11) is 0. The van der Waals surface area contributed by atoms with E-state index >= 15 is 0 Å². The van der Waals surface area contributed by atoms with Crippen LogP contribution in [0.3, 0.4) is 0 Å². The molecule has 2 aliphatic heterocycles. The van der Waals surface area contributed by atoms with Crippen molar-refractivity contribution in [1.82, 2.24) is 15.1 Å². The smallest absolute Gasteiger partial charge is 0.289 e. The lowest BCUT2D eigenvalue weighted by molar-refractivity contribution is -0.151. The number of hydrogen-bond donors (Lipinski definition) is 1. The van der Waals surface area contributed by atoms with Crippen LogP contribution in [0.15, 0.2) is 30.0 Å². The van der Waals surface area contributed by atoms with Crippen molar-refractivity contribution in [2.24, 2.45) is 0 Å². The molecule has 2 unspecified atom stereocenters. The second kappa shape index (κ2) is 9.60. The van der Waals surface area contributed by atoms with Crippen LogP contribution in [0.4, 0.5) is 4.39 Å². The van der Waals surface area contributed by atoms with Gasteiger partial charge in [-0.3, -0.25) is 9.59 Å². The van der Waals surface area contributed by atoms with E-state index in [1.165, 1.54) is 25.0 Å². The lowest BCUT2D eigenvalue weighted by atomic mass is 9.89. The first-order chi connectivity index (χ1) is 14.6. The number of halogens is 1. The van der Waals surface area contributed by atoms with Crippen molar-refractivity contribution < 1.29 is 18.7 Å². The molecule has 3 aliphatic rings. The summed E-state index contributed by atoms with van der Waals surface area (Å²) in [5.74, 6) is -0.776. The molecule has 0 radical (unpaired) electrons. The Kier molecular flexibility index (Phi) is 6.67. The number of rotatable bonds is 6. The van der Waals surface area contributed by atoms with Gasteiger partial charge in [0.1, 0.15) is 18.5 Å². The highest BCUT2D eigenvalue weighted by molar-refractivity contribution is 5.98. The summed E-state index contributed by atoms with van der Waals surface area (Å²) in [6.07, 6.45) is 7.44. The first kappa shape index (κ1) is 20.8. The van der Waals surface area contributed by atoms with Crippen LogP contribution in [0.5, 0.6) is 0 Å². The number of nitrogens with zero attached hydrogens (tertiary/aromatic N) is 2. The predicted molar refractivity (Wildman–Crippen MR) is 112 cm³/mol. The second-order valence-corrected chi connectivity index (χ2v) is 8.37. The Morgan fingerprint density at radius 3 is 2.73 bits per heavy atom. The highest BCUT2D eigenvalue weighted by Crippen LogP contribution is 2.33. The van der Waals surface area contributed by atoms with Gasteiger partial charge in [-0.05, 0) is 57.3 Å². The number of carbonyl (C=O) groups is 2. The number of morpholine rings is 1. The van der Waals surface area contributed by atoms with Crippen LogP contribution in [0, 0.1) is 5.82 Å². The molecule has 6 nitrogen and oxygen atoms in total. The van der Waals surface area contributed by atoms with Crippen LogP contribution < -0.4 is 5.32 Å². The molecule has 1 N–H and O–H groups in total. The van der Waals surface area contributed by atoms with Crippen LogP contribution in [0.1, 0.15) is 44.1 Å². The van der Waals surface area contributed by atoms with Crippen LogP contribution in [0.25, 0.3) is 6.08 Å². The largest absolute Gasteiger partial charge is 0.482 e. The zero-order valence-electron chi connectivity index (χ0n) is 17.3. The minimum atomic E-state index is -0.404. The summed E-state index contributed by atoms with van der Waals surface area (Å²) in [6.45, 7) is 3.62. The fourth-order valence-electron chi connectivity index (χ4n) is 4.67. The molecule has 3 fully saturated rings. The van der Waals surface area contributed by atoms with E-state index in [0.29, 0.717) is 12.1 Å². The SMILES string of the molecule is O=C(CN1C(=O)/C(=C/c2ccccc2F)OC2CCCCC21)NCCN1CCCC1. The molecule has 2 atom stereocenters. The number of benzene rings is 1. The van der Waals surface area contributed by atoms with E-state index in [9.17, 15) is 14.0 Å². The third-order valence-electron chi connectivity index (χ3n) is 6.27. The second-order valence-electron chi connectivity index (χ2n) is 8.37. The normalized spacial score (nSPS) is 25.8. The van der Waals surface area contributed by atoms with Crippen molar-refractivity contribution >= 4 is 17.9 Å². The molecule has 30 heavy (non-hydrogen) atoms. The van der Waals surface area contributed by atoms with Gasteiger partial charge in [-0.25, -0.2) is 4.39 Å². The Balaban J connectivity index is 1.44. The summed E-state index contributed by atoms with van der Waals surface area (Å²) >= 11 is 0. The third-order valence-corrected chi connectivity index (χ3v) is 6.27. The first-order valence-corrected chi connectivity index (χ1v) is 11.0. The molecule has 2 amide bonds. The zero-order chi connectivity index (χ0) is 20.9. The lowest BCUT2D eigenvalue weighted by Crippen LogP contribution is -2.57. The molecule has 162 valence electrons. The average molecular weight is 416 g/mol. The van der Waals surface area contributed by atoms with Gasteiger partial charge in [-0.15, -0.1) is 0 Å². The number of hydrogen-bond acceptors (Lipinski definition) is 4. The van der Waals surface area contributed by atoms with Gasteiger partial charge in [0.25, 0.3) is 5.91 Å². The Morgan fingerprint density at radius 1 is 1.17 bits per heavy atom. The standard InChI is InChI=1S/C23H30FN3O3/c24-18-8-2-1-7-17(18)15-21-23(29)27(19-9-3-4-10-20(19)30-21)16-22(28)25-11-14-26-12-5-6-13-26/h1-2,7-8,15,19-20H,3-6,9-14,16H2,(H,25,28)/b21-15-. The highest BCUT2D eigenvalue weighted by Gasteiger charge is 2.42. The molecule has 7 heteroatoms. The van der Waals surface area contributed by atoms with Gasteiger partial charge in [-0.1, -0.05) is 24.6 Å². The minimum Gasteiger partial charge on any atom is -0.482 e. The maximum absolute atomic E-state index is 14.1. The summed E-state index contributed by atoms with van der Waals surface area (Å²) in [6, 6.07) is 6.19. The quantitative estimate of drug-likeness (QED) is 0.726. The van der Waals surface area contributed by atoms with E-state index < -0.39 is 5.82 Å². The lowest BCUT2D eigenvalue weighted by Gasteiger charge is -2.44. The number of likely N-dealkylation sites (tertiary alicyclic amines) is 1. The zero-order valence-corrected chi connectivity index (χ0v) is 17.3. The average Bonchev–Trinajstić information content (AvgIpc) is 3.26. The van der Waals surface area contributed by atoms with Gasteiger partial charge >= 0.3 is 0 Å². The molecule has 4 rings (SSSR count). The molecular weight excluding hydrogens is 385 g/mol. The van der Waals surface area contributed by atoms with Crippen molar-refractivity contribution in [1.29, 1.82) is 0 Å². The fraction of sp³-hybridized carbons (Fsp3) is 0.565. The van der Waals surface area contributed by atoms with E-state index in [2.05, 4.69) is 10.2 Å². The molecule has 0 bridgehead atoms. The molecule has 1 aromatic carbocycles. The van der Waals surface area contributed by atoms with Crippen molar-refractivity contribution in [2.45, 2.75) is 50.7 Å². The summed E-state index contributed by atoms with van der Waals surface area (Å²) in [5.41, 5.74) is 0.310. The maximum Gasteiger partial charge on any atom is 0.289 e. The number of carbonyl (C=O) groups excluding carboxylic acids is 2. The Hall–Kier alpha value is -2.41. The van der Waals surface area contributed by atoms with Gasteiger partial charge in [0.05, 0.1) is 6.04 Å². The van der Waals surface area contributed by atoms with Gasteiger partial charge in [0.2, 0.25) is 5.91 Å². The van der Waals surface area contributed by atoms with Gasteiger partial charge < -0.3 is 19.9 Å². The Morgan fingerprint density at radius 2 is 1.93 bits per heavy atom. The number of fused-ring (bicyclic) bond motifs is 1. The topological polar surface area (TPSA) is 61.9 Å². The van der Waals surface area contributed by atoms with Crippen molar-refractivity contribution in [3.63, 3.8) is 0 Å². The van der Waals surface area contributed by atoms with Gasteiger partial charge in [0, 0.05) is 18.7 Å². The van der Waals surface area contributed by atoms with Crippen molar-refractivity contribution in [2.75, 3.05) is 32.7 Å². The van der Waals surface area contributed by atoms with E-state index in [4.69, 9.17) is 4.74 Å². The maximum atomic E-state index is 14.1. The molecule has 1 aliphatic carbocycles. The number of ether oxygens (including phenoxy) is 1. The first-order valence-electron chi connectivity index (χ1n) is 11.0. The van der Waals surface area contributed by atoms with Crippen LogP contribution >= 0.6 is 0 Å². The highest BCUT2D eigenvalue weighted by atomic mass is 19.1. The molecule has 2 saturated heterocycles. The van der Waals surface area contributed by atoms with E-state index in [1.54, 1.807) is 23.1 Å². The molecule has 2 heterocycles. The monoisotopic (exact) mass is 415 g/mol. The molecule has 1 aromatic rings. The molecule has 0 aromatic heterocycles. The molecule has 1 saturated carbocycles. The fourth-order valence-corrected chi connectivity index (χ4v) is 4.67. The van der Waals surface area contributed by atoms with Crippen LogP contribution in [0.2, 0.25) is 0 Å². The summed E-state index contributed by atoms with van der Waals surface area (Å²) in [4.78, 5) is 29.7. The summed E-state index contributed by atoms with van der Waals surface area (Å²) < 4.78 is 20.1. The van der Waals surface area contributed by atoms with Gasteiger partial charge in [0.15, 0.2) is 5.76 Å². The van der Waals surface area contributed by atoms with Crippen LogP contribution in [-0.4, -0.2) is 66.5 Å². The number of amides is 2. The third kappa shape index (κ3) is 4.83. The molecular formula is C23H30FN3O3. The van der Waals surface area contributed by atoms with E-state index in [-0.39, 0.29) is 36.3 Å². The van der Waals surface area contributed by atoms with E-state index in [1.807, 2.05) is 0 Å². The number of nitrogens with one attached hydrogen (secondary N) is 1. The Bertz CT molecular complexity index is 807.